The van der Waals surface area contributed by atoms with Crippen molar-refractivity contribution in [3.05, 3.63) is 84.6 Å². The highest BCUT2D eigenvalue weighted by Crippen LogP contribution is 2.34. The third-order valence-electron chi connectivity index (χ3n) is 4.08. The number of rotatable bonds is 6. The number of nitrogens with one attached hydrogen (secondary N) is 3. The van der Waals surface area contributed by atoms with Crippen molar-refractivity contribution in [3.63, 3.8) is 0 Å². The average Bonchev–Trinajstić information content (AvgIpc) is 2.70. The summed E-state index contributed by atoms with van der Waals surface area (Å²) in [5.74, 6) is -0.787. The van der Waals surface area contributed by atoms with E-state index in [4.69, 9.17) is 0 Å². The monoisotopic (exact) mass is 400 g/mol. The van der Waals surface area contributed by atoms with Crippen LogP contribution in [-0.4, -0.2) is 20.9 Å². The van der Waals surface area contributed by atoms with E-state index in [-0.39, 0.29) is 39.7 Å². The Balaban J connectivity index is 2.00. The summed E-state index contributed by atoms with van der Waals surface area (Å²) < 4.78 is 0. The van der Waals surface area contributed by atoms with Crippen molar-refractivity contribution in [1.29, 1.82) is 0 Å². The third-order valence-corrected chi connectivity index (χ3v) is 4.08. The van der Waals surface area contributed by atoms with E-state index in [2.05, 4.69) is 15.9 Å². The fourth-order valence-electron chi connectivity index (χ4n) is 2.67. The summed E-state index contributed by atoms with van der Waals surface area (Å²) in [6.07, 6.45) is -1.55. The lowest BCUT2D eigenvalue weighted by Crippen LogP contribution is -2.31. The quantitative estimate of drug-likeness (QED) is 0.243. The molecule has 1 amide bonds. The van der Waals surface area contributed by atoms with Gasteiger partial charge in [-0.25, -0.2) is 5.43 Å². The van der Waals surface area contributed by atoms with Crippen LogP contribution in [0.3, 0.4) is 0 Å². The number of nitroso groups, excluding NO2 is 1. The Kier molecular flexibility index (Phi) is 5.14. The van der Waals surface area contributed by atoms with Crippen molar-refractivity contribution in [3.8, 4) is 0 Å². The van der Waals surface area contributed by atoms with Crippen molar-refractivity contribution >= 4 is 28.7 Å². The maximum Gasteiger partial charge on any atom is 0.274 e. The van der Waals surface area contributed by atoms with Gasteiger partial charge in [-0.05, 0) is 23.8 Å². The first-order valence-electron chi connectivity index (χ1n) is 7.93. The SMILES string of the molecule is O=NN/C(=C1\Nc2ccc([N+](=O)[O-])cc2NC1=O)C(O)c1ccc([N+](=O)[O-])cc1. The van der Waals surface area contributed by atoms with E-state index < -0.39 is 21.9 Å². The van der Waals surface area contributed by atoms with E-state index in [0.29, 0.717) is 0 Å². The van der Waals surface area contributed by atoms with Crippen molar-refractivity contribution < 1.29 is 19.7 Å². The zero-order valence-electron chi connectivity index (χ0n) is 14.4. The van der Waals surface area contributed by atoms with E-state index in [0.717, 1.165) is 18.2 Å². The number of hydrogen-bond acceptors (Lipinski definition) is 9. The number of carbonyl (C=O) groups is 1. The molecule has 0 saturated carbocycles. The Bertz CT molecular complexity index is 1050. The summed E-state index contributed by atoms with van der Waals surface area (Å²) >= 11 is 0. The zero-order chi connectivity index (χ0) is 21.1. The lowest BCUT2D eigenvalue weighted by atomic mass is 10.0. The topological polar surface area (TPSA) is 189 Å². The van der Waals surface area contributed by atoms with Crippen molar-refractivity contribution in [1.82, 2.24) is 5.43 Å². The lowest BCUT2D eigenvalue weighted by molar-refractivity contribution is -0.385. The minimum absolute atomic E-state index is 0.135. The maximum atomic E-state index is 12.4. The molecule has 0 bridgehead atoms. The molecular weight excluding hydrogens is 388 g/mol. The van der Waals surface area contributed by atoms with Crippen molar-refractivity contribution in [2.75, 3.05) is 10.6 Å². The fraction of sp³-hybridized carbons (Fsp3) is 0.0625. The van der Waals surface area contributed by atoms with Gasteiger partial charge in [0.15, 0.2) is 0 Å². The van der Waals surface area contributed by atoms with E-state index in [1.807, 2.05) is 5.43 Å². The summed E-state index contributed by atoms with van der Waals surface area (Å²) in [5, 5.41) is 39.8. The molecule has 13 nitrogen and oxygen atoms in total. The molecule has 0 spiro atoms. The van der Waals surface area contributed by atoms with Crippen LogP contribution in [-0.2, 0) is 4.79 Å². The van der Waals surface area contributed by atoms with Crippen LogP contribution >= 0.6 is 0 Å². The second-order valence-corrected chi connectivity index (χ2v) is 5.81. The normalized spacial score (nSPS) is 15.3. The second-order valence-electron chi connectivity index (χ2n) is 5.81. The first-order valence-corrected chi connectivity index (χ1v) is 7.93. The molecule has 1 atom stereocenters. The first-order chi connectivity index (χ1) is 13.8. The molecule has 2 aromatic rings. The molecule has 0 fully saturated rings. The van der Waals surface area contributed by atoms with Crippen LogP contribution in [0.15, 0.2) is 59.1 Å². The Labute approximate surface area is 161 Å². The van der Waals surface area contributed by atoms with E-state index in [9.17, 15) is 35.0 Å². The molecule has 0 radical (unpaired) electrons. The number of nitrogens with zero attached hydrogens (tertiary/aromatic N) is 3. The third kappa shape index (κ3) is 3.84. The predicted molar refractivity (Wildman–Crippen MR) is 99.4 cm³/mol. The molecule has 1 aliphatic rings. The van der Waals surface area contributed by atoms with Gasteiger partial charge >= 0.3 is 0 Å². The number of fused-ring (bicyclic) bond motifs is 1. The number of carbonyl (C=O) groups excluding carboxylic acids is 1. The van der Waals surface area contributed by atoms with Gasteiger partial charge in [0.25, 0.3) is 17.3 Å². The molecule has 29 heavy (non-hydrogen) atoms. The minimum Gasteiger partial charge on any atom is -0.382 e. The summed E-state index contributed by atoms with van der Waals surface area (Å²) in [6, 6.07) is 8.52. The summed E-state index contributed by atoms with van der Waals surface area (Å²) in [6.45, 7) is 0. The van der Waals surface area contributed by atoms with Gasteiger partial charge in [-0.2, -0.15) is 0 Å². The van der Waals surface area contributed by atoms with Crippen LogP contribution in [0.4, 0.5) is 22.7 Å². The molecule has 1 unspecified atom stereocenters. The minimum atomic E-state index is -1.55. The molecule has 4 N–H and O–H groups in total. The lowest BCUT2D eigenvalue weighted by Gasteiger charge is -2.24. The number of aliphatic hydroxyl groups is 1. The number of anilines is 2. The van der Waals surface area contributed by atoms with E-state index >= 15 is 0 Å². The fourth-order valence-corrected chi connectivity index (χ4v) is 2.67. The molecular formula is C16H12N6O7. The van der Waals surface area contributed by atoms with Crippen LogP contribution in [0, 0.1) is 25.1 Å². The van der Waals surface area contributed by atoms with Gasteiger partial charge in [0.2, 0.25) is 0 Å². The van der Waals surface area contributed by atoms with Gasteiger partial charge in [0.05, 0.1) is 32.2 Å². The van der Waals surface area contributed by atoms with Gasteiger partial charge in [-0.15, -0.1) is 4.91 Å². The molecule has 13 heteroatoms. The van der Waals surface area contributed by atoms with Gasteiger partial charge in [-0.1, -0.05) is 0 Å². The highest BCUT2D eigenvalue weighted by molar-refractivity contribution is 6.11. The molecule has 0 aliphatic carbocycles. The number of amides is 1. The summed E-state index contributed by atoms with van der Waals surface area (Å²) in [4.78, 5) is 43.6. The predicted octanol–water partition coefficient (Wildman–Crippen LogP) is 2.08. The van der Waals surface area contributed by atoms with Crippen LogP contribution in [0.1, 0.15) is 11.7 Å². The van der Waals surface area contributed by atoms with Gasteiger partial charge in [0, 0.05) is 24.3 Å². The standard InChI is InChI=1S/C16H12N6O7/c23-15(8-1-3-9(4-2-8)21(26)27)13(19-20-25)14-16(24)18-12-7-10(22(28)29)5-6-11(12)17-14/h1-7,15,17,23H,(H,18,24)(H,19,25)/b14-13-. The van der Waals surface area contributed by atoms with E-state index in [1.54, 1.807) is 0 Å². The van der Waals surface area contributed by atoms with Crippen LogP contribution < -0.4 is 16.1 Å². The smallest absolute Gasteiger partial charge is 0.274 e. The summed E-state index contributed by atoms with van der Waals surface area (Å²) in [5.41, 5.74) is 1.57. The van der Waals surface area contributed by atoms with Crippen molar-refractivity contribution in [2.45, 2.75) is 6.10 Å². The Morgan fingerprint density at radius 2 is 1.62 bits per heavy atom. The Morgan fingerprint density at radius 1 is 1.00 bits per heavy atom. The number of nitro benzene ring substituents is 2. The van der Waals surface area contributed by atoms with E-state index in [1.165, 1.54) is 24.3 Å². The molecule has 1 aliphatic heterocycles. The largest absolute Gasteiger partial charge is 0.382 e. The molecule has 0 aromatic heterocycles. The molecule has 1 heterocycles. The Morgan fingerprint density at radius 3 is 2.21 bits per heavy atom. The number of non-ortho nitro benzene ring substituents is 2. The van der Waals surface area contributed by atoms with Gasteiger partial charge in [0.1, 0.15) is 11.8 Å². The highest BCUT2D eigenvalue weighted by atomic mass is 16.6. The maximum absolute atomic E-state index is 12.4. The zero-order valence-corrected chi connectivity index (χ0v) is 14.4. The molecule has 148 valence electrons. The van der Waals surface area contributed by atoms with Gasteiger partial charge < -0.3 is 15.7 Å². The van der Waals surface area contributed by atoms with Crippen LogP contribution in [0.2, 0.25) is 0 Å². The Hall–Kier alpha value is -4.39. The molecule has 3 rings (SSSR count). The van der Waals surface area contributed by atoms with Crippen LogP contribution in [0.5, 0.6) is 0 Å². The molecule has 2 aromatic carbocycles. The second kappa shape index (κ2) is 7.69. The number of aliphatic hydroxyl groups excluding tert-OH is 1. The van der Waals surface area contributed by atoms with Crippen LogP contribution in [0.25, 0.3) is 0 Å². The average molecular weight is 400 g/mol. The highest BCUT2D eigenvalue weighted by Gasteiger charge is 2.29. The van der Waals surface area contributed by atoms with Crippen molar-refractivity contribution in [2.24, 2.45) is 5.29 Å². The number of nitro groups is 2. The number of hydrogen-bond donors (Lipinski definition) is 4. The number of benzene rings is 2. The summed E-state index contributed by atoms with van der Waals surface area (Å²) in [7, 11) is 0. The first kappa shape index (κ1) is 19.4. The van der Waals surface area contributed by atoms with Gasteiger partial charge in [-0.3, -0.25) is 25.0 Å². The molecule has 0 saturated heterocycles.